The van der Waals surface area contributed by atoms with E-state index in [0.717, 1.165) is 0 Å². The number of hydrogen-bond donors (Lipinski definition) is 1. The van der Waals surface area contributed by atoms with Gasteiger partial charge < -0.3 is 15.0 Å². The Bertz CT molecular complexity index is 341. The number of ketones is 1. The van der Waals surface area contributed by atoms with Crippen LogP contribution in [-0.2, 0) is 19.1 Å². The Kier molecular flexibility index (Phi) is 8.38. The van der Waals surface area contributed by atoms with Crippen molar-refractivity contribution in [2.45, 2.75) is 0 Å². The molecule has 6 nitrogen and oxygen atoms in total. The molecule has 0 aromatic carbocycles. The highest BCUT2D eigenvalue weighted by molar-refractivity contribution is 14.1. The maximum absolute atomic E-state index is 11.5. The zero-order valence-electron chi connectivity index (χ0n) is 10.5. The molecule has 1 rings (SSSR count). The van der Waals surface area contributed by atoms with Crippen molar-refractivity contribution >= 4 is 52.0 Å². The summed E-state index contributed by atoms with van der Waals surface area (Å²) < 4.78 is 5.49. The van der Waals surface area contributed by atoms with E-state index in [4.69, 9.17) is 4.74 Å². The van der Waals surface area contributed by atoms with Gasteiger partial charge >= 0.3 is 0 Å². The van der Waals surface area contributed by atoms with Crippen LogP contribution in [0.1, 0.15) is 0 Å². The molecule has 8 heteroatoms. The fraction of sp³-hybridized carbons (Fsp3) is 0.727. The third-order valence-corrected chi connectivity index (χ3v) is 4.28. The van der Waals surface area contributed by atoms with Gasteiger partial charge in [0, 0.05) is 19.6 Å². The lowest BCUT2D eigenvalue weighted by Gasteiger charge is -2.26. The van der Waals surface area contributed by atoms with Crippen molar-refractivity contribution in [3.8, 4) is 0 Å². The number of morpholine rings is 1. The number of carbonyl (C=O) groups is 3. The fourth-order valence-electron chi connectivity index (χ4n) is 1.46. The van der Waals surface area contributed by atoms with Gasteiger partial charge in [0.15, 0.2) is 5.78 Å². The van der Waals surface area contributed by atoms with Crippen LogP contribution in [0.5, 0.6) is 0 Å². The molecule has 0 atom stereocenters. The molecule has 0 aliphatic carbocycles. The Balaban J connectivity index is 2.06. The molecule has 0 unspecified atom stereocenters. The first-order valence-corrected chi connectivity index (χ1v) is 8.59. The lowest BCUT2D eigenvalue weighted by molar-refractivity contribution is -0.142. The number of nitrogens with one attached hydrogen (secondary N) is 1. The monoisotopic (exact) mass is 400 g/mol. The molecule has 1 N–H and O–H groups in total. The van der Waals surface area contributed by atoms with Crippen LogP contribution in [0.15, 0.2) is 0 Å². The van der Waals surface area contributed by atoms with Gasteiger partial charge in [0.25, 0.3) is 0 Å². The molecule has 0 radical (unpaired) electrons. The predicted octanol–water partition coefficient (Wildman–Crippen LogP) is -0.301. The SMILES string of the molecule is O=C(CI)CSCC(=O)NCCN1CCOCC1=O. The zero-order valence-corrected chi connectivity index (χ0v) is 13.5. The quantitative estimate of drug-likeness (QED) is 0.447. The first kappa shape index (κ1) is 16.7. The summed E-state index contributed by atoms with van der Waals surface area (Å²) in [6.45, 7) is 2.19. The summed E-state index contributed by atoms with van der Waals surface area (Å²) >= 11 is 3.32. The minimum atomic E-state index is -0.105. The van der Waals surface area contributed by atoms with Crippen molar-refractivity contribution in [2.24, 2.45) is 0 Å². The molecule has 19 heavy (non-hydrogen) atoms. The van der Waals surface area contributed by atoms with Gasteiger partial charge in [-0.15, -0.1) is 11.8 Å². The number of hydrogen-bond acceptors (Lipinski definition) is 5. The molecule has 1 aliphatic heterocycles. The van der Waals surface area contributed by atoms with Crippen LogP contribution in [0.4, 0.5) is 0 Å². The number of ether oxygens (including phenoxy) is 1. The first-order valence-electron chi connectivity index (χ1n) is 5.91. The Morgan fingerprint density at radius 2 is 2.21 bits per heavy atom. The molecule has 1 saturated heterocycles. The number of amides is 2. The number of halogens is 1. The molecule has 0 aromatic heterocycles. The van der Waals surface area contributed by atoms with Crippen LogP contribution in [-0.4, -0.2) is 71.3 Å². The first-order chi connectivity index (χ1) is 9.13. The van der Waals surface area contributed by atoms with Crippen molar-refractivity contribution in [2.75, 3.05) is 48.8 Å². The summed E-state index contributed by atoms with van der Waals surface area (Å²) in [6.07, 6.45) is 0. The summed E-state index contributed by atoms with van der Waals surface area (Å²) in [5.41, 5.74) is 0. The number of Topliss-reactive ketones (excluding diaryl/α,β-unsaturated/α-hetero) is 1. The van der Waals surface area contributed by atoms with Crippen molar-refractivity contribution in [3.63, 3.8) is 0 Å². The van der Waals surface area contributed by atoms with E-state index in [0.29, 0.717) is 36.4 Å². The number of carbonyl (C=O) groups excluding carboxylic acids is 3. The highest BCUT2D eigenvalue weighted by Crippen LogP contribution is 2.01. The molecular formula is C11H17IN2O4S. The largest absolute Gasteiger partial charge is 0.370 e. The van der Waals surface area contributed by atoms with E-state index in [-0.39, 0.29) is 30.0 Å². The standard InChI is InChI=1S/C11H17IN2O4S/c12-5-9(15)7-19-8-10(16)13-1-2-14-3-4-18-6-11(14)17/h1-8H2,(H,13,16). The van der Waals surface area contributed by atoms with Crippen molar-refractivity contribution < 1.29 is 19.1 Å². The van der Waals surface area contributed by atoms with Crippen LogP contribution in [0.25, 0.3) is 0 Å². The molecule has 108 valence electrons. The van der Waals surface area contributed by atoms with E-state index in [1.54, 1.807) is 4.90 Å². The average Bonchev–Trinajstić information content (AvgIpc) is 2.40. The number of thioether (sulfide) groups is 1. The summed E-state index contributed by atoms with van der Waals surface area (Å²) in [6, 6.07) is 0. The summed E-state index contributed by atoms with van der Waals surface area (Å²) in [5, 5.41) is 2.73. The number of rotatable bonds is 8. The van der Waals surface area contributed by atoms with Crippen molar-refractivity contribution in [1.82, 2.24) is 10.2 Å². The number of alkyl halides is 1. The zero-order chi connectivity index (χ0) is 14.1. The second-order valence-corrected chi connectivity index (χ2v) is 5.70. The van der Waals surface area contributed by atoms with Gasteiger partial charge in [-0.1, -0.05) is 22.6 Å². The Morgan fingerprint density at radius 1 is 1.42 bits per heavy atom. The Labute approximate surface area is 130 Å². The van der Waals surface area contributed by atoms with E-state index in [1.807, 2.05) is 22.6 Å². The Morgan fingerprint density at radius 3 is 2.89 bits per heavy atom. The van der Waals surface area contributed by atoms with Gasteiger partial charge in [-0.25, -0.2) is 0 Å². The fourth-order valence-corrected chi connectivity index (χ4v) is 2.82. The van der Waals surface area contributed by atoms with Crippen LogP contribution >= 0.6 is 34.4 Å². The normalized spacial score (nSPS) is 15.4. The molecule has 0 spiro atoms. The molecule has 0 aromatic rings. The van der Waals surface area contributed by atoms with Gasteiger partial charge in [0.2, 0.25) is 11.8 Å². The summed E-state index contributed by atoms with van der Waals surface area (Å²) in [4.78, 5) is 35.6. The van der Waals surface area contributed by atoms with E-state index >= 15 is 0 Å². The van der Waals surface area contributed by atoms with Gasteiger partial charge in [0.05, 0.1) is 22.5 Å². The lowest BCUT2D eigenvalue weighted by Crippen LogP contribution is -2.45. The highest BCUT2D eigenvalue weighted by atomic mass is 127. The smallest absolute Gasteiger partial charge is 0.248 e. The second-order valence-electron chi connectivity index (χ2n) is 3.95. The van der Waals surface area contributed by atoms with Gasteiger partial charge in [-0.3, -0.25) is 14.4 Å². The summed E-state index contributed by atoms with van der Waals surface area (Å²) in [5.74, 6) is 0.643. The molecule has 1 fully saturated rings. The Hall–Kier alpha value is -0.350. The molecule has 0 saturated carbocycles. The van der Waals surface area contributed by atoms with Crippen molar-refractivity contribution in [3.05, 3.63) is 0 Å². The van der Waals surface area contributed by atoms with E-state index < -0.39 is 0 Å². The second kappa shape index (κ2) is 9.54. The van der Waals surface area contributed by atoms with Crippen LogP contribution in [0, 0.1) is 0 Å². The third kappa shape index (κ3) is 7.11. The lowest BCUT2D eigenvalue weighted by atomic mass is 10.4. The van der Waals surface area contributed by atoms with E-state index in [9.17, 15) is 14.4 Å². The van der Waals surface area contributed by atoms with Crippen LogP contribution in [0.3, 0.4) is 0 Å². The topological polar surface area (TPSA) is 75.7 Å². The van der Waals surface area contributed by atoms with Gasteiger partial charge in [0.1, 0.15) is 6.61 Å². The number of nitrogens with zero attached hydrogens (tertiary/aromatic N) is 1. The summed E-state index contributed by atoms with van der Waals surface area (Å²) in [7, 11) is 0. The molecule has 1 aliphatic rings. The minimum Gasteiger partial charge on any atom is -0.370 e. The van der Waals surface area contributed by atoms with Crippen molar-refractivity contribution in [1.29, 1.82) is 0 Å². The third-order valence-electron chi connectivity index (χ3n) is 2.43. The predicted molar refractivity (Wildman–Crippen MR) is 81.6 cm³/mol. The molecular weight excluding hydrogens is 383 g/mol. The van der Waals surface area contributed by atoms with Crippen LogP contribution < -0.4 is 5.32 Å². The molecule has 1 heterocycles. The maximum atomic E-state index is 11.5. The minimum absolute atomic E-state index is 0.0393. The van der Waals surface area contributed by atoms with Crippen LogP contribution in [0.2, 0.25) is 0 Å². The highest BCUT2D eigenvalue weighted by Gasteiger charge is 2.17. The van der Waals surface area contributed by atoms with E-state index in [1.165, 1.54) is 11.8 Å². The van der Waals surface area contributed by atoms with Gasteiger partial charge in [-0.2, -0.15) is 0 Å². The molecule has 2 amide bonds. The maximum Gasteiger partial charge on any atom is 0.248 e. The van der Waals surface area contributed by atoms with E-state index in [2.05, 4.69) is 5.32 Å². The van der Waals surface area contributed by atoms with Gasteiger partial charge in [-0.05, 0) is 0 Å². The molecule has 0 bridgehead atoms. The average molecular weight is 400 g/mol.